The second-order valence-corrected chi connectivity index (χ2v) is 2.50. The first-order valence-electron chi connectivity index (χ1n) is 3.49. The van der Waals surface area contributed by atoms with Crippen molar-refractivity contribution in [2.45, 2.75) is 0 Å². The fourth-order valence-corrected chi connectivity index (χ4v) is 1.25. The number of benzene rings is 1. The Morgan fingerprint density at radius 3 is 3.17 bits per heavy atom. The summed E-state index contributed by atoms with van der Waals surface area (Å²) in [6.07, 6.45) is 1.62. The van der Waals surface area contributed by atoms with Gasteiger partial charge < -0.3 is 4.98 Å². The lowest BCUT2D eigenvalue weighted by atomic mass is 10.3. The molecule has 0 aliphatic carbocycles. The minimum atomic E-state index is 0.703. The molecule has 12 heavy (non-hydrogen) atoms. The van der Waals surface area contributed by atoms with E-state index in [2.05, 4.69) is 24.9 Å². The van der Waals surface area contributed by atoms with E-state index in [9.17, 15) is 0 Å². The van der Waals surface area contributed by atoms with Crippen molar-refractivity contribution in [1.29, 1.82) is 0 Å². The van der Waals surface area contributed by atoms with Crippen molar-refractivity contribution in [3.8, 4) is 0 Å². The van der Waals surface area contributed by atoms with Crippen molar-refractivity contribution in [1.82, 2.24) is 20.3 Å². The van der Waals surface area contributed by atoms with Crippen molar-refractivity contribution in [3.63, 3.8) is 0 Å². The van der Waals surface area contributed by atoms with Gasteiger partial charge in [-0.25, -0.2) is 9.61 Å². The molecule has 3 rings (SSSR count). The lowest BCUT2D eigenvalue weighted by Crippen LogP contribution is -1.72. The molecular weight excluding hydrogens is 156 g/mol. The van der Waals surface area contributed by atoms with Crippen LogP contribution >= 0.6 is 0 Å². The highest BCUT2D eigenvalue weighted by molar-refractivity contribution is 5.99. The number of H-pyrrole nitrogens is 1. The molecule has 0 aliphatic rings. The predicted octanol–water partition coefficient (Wildman–Crippen LogP) is 1.10. The second kappa shape index (κ2) is 1.82. The molecule has 2 aromatic heterocycles. The average molecular weight is 160 g/mol. The summed E-state index contributed by atoms with van der Waals surface area (Å²) in [6, 6.07) is 3.74. The molecule has 58 valence electrons. The maximum Gasteiger partial charge on any atom is 0.162 e. The first-order chi connectivity index (χ1) is 5.95. The van der Waals surface area contributed by atoms with E-state index in [-0.39, 0.29) is 0 Å². The molecule has 0 saturated carbocycles. The van der Waals surface area contributed by atoms with Crippen LogP contribution in [0, 0.1) is 0 Å². The number of aromatic nitrogens is 4. The van der Waals surface area contributed by atoms with Crippen LogP contribution in [0.15, 0.2) is 23.1 Å². The van der Waals surface area contributed by atoms with Crippen LogP contribution in [0.3, 0.4) is 0 Å². The molecule has 1 aromatic carbocycles. The van der Waals surface area contributed by atoms with Gasteiger partial charge in [0, 0.05) is 0 Å². The lowest BCUT2D eigenvalue weighted by molar-refractivity contribution is 0.315. The summed E-state index contributed by atoms with van der Waals surface area (Å²) < 4.78 is 4.59. The van der Waals surface area contributed by atoms with Gasteiger partial charge in [-0.1, -0.05) is 0 Å². The molecule has 0 saturated heterocycles. The summed E-state index contributed by atoms with van der Waals surface area (Å²) in [5, 5.41) is 7.46. The van der Waals surface area contributed by atoms with Crippen LogP contribution in [-0.2, 0) is 0 Å². The van der Waals surface area contributed by atoms with E-state index < -0.39 is 0 Å². The van der Waals surface area contributed by atoms with Crippen molar-refractivity contribution in [3.05, 3.63) is 18.5 Å². The number of imidazole rings is 1. The molecule has 0 radical (unpaired) electrons. The SMILES string of the molecule is c1nc2c(ccc3nonc32)[nH]1. The monoisotopic (exact) mass is 160 g/mol. The van der Waals surface area contributed by atoms with Crippen LogP contribution in [0.4, 0.5) is 0 Å². The fourth-order valence-electron chi connectivity index (χ4n) is 1.25. The molecule has 0 aliphatic heterocycles. The molecular formula is C7H4N4O. The van der Waals surface area contributed by atoms with E-state index in [1.807, 2.05) is 12.1 Å². The Bertz CT molecular complexity index is 489. The first-order valence-corrected chi connectivity index (χ1v) is 3.49. The molecule has 5 nitrogen and oxygen atoms in total. The zero-order valence-corrected chi connectivity index (χ0v) is 5.98. The fraction of sp³-hybridized carbons (Fsp3) is 0. The van der Waals surface area contributed by atoms with E-state index in [4.69, 9.17) is 0 Å². The third kappa shape index (κ3) is 0.554. The zero-order chi connectivity index (χ0) is 7.97. The average Bonchev–Trinajstić information content (AvgIpc) is 2.71. The van der Waals surface area contributed by atoms with E-state index in [1.165, 1.54) is 0 Å². The molecule has 0 bridgehead atoms. The van der Waals surface area contributed by atoms with Gasteiger partial charge in [-0.15, -0.1) is 0 Å². The molecule has 2 heterocycles. The lowest BCUT2D eigenvalue weighted by Gasteiger charge is -1.84. The van der Waals surface area contributed by atoms with Gasteiger partial charge in [-0.3, -0.25) is 0 Å². The van der Waals surface area contributed by atoms with E-state index in [1.54, 1.807) is 6.33 Å². The van der Waals surface area contributed by atoms with E-state index >= 15 is 0 Å². The van der Waals surface area contributed by atoms with E-state index in [0.29, 0.717) is 5.52 Å². The van der Waals surface area contributed by atoms with Gasteiger partial charge in [0.15, 0.2) is 5.52 Å². The Labute approximate surface area is 66.4 Å². The largest absolute Gasteiger partial charge is 0.345 e. The van der Waals surface area contributed by atoms with Crippen molar-refractivity contribution >= 4 is 22.1 Å². The summed E-state index contributed by atoms with van der Waals surface area (Å²) in [4.78, 5) is 7.08. The highest BCUT2D eigenvalue weighted by Crippen LogP contribution is 2.18. The van der Waals surface area contributed by atoms with Crippen LogP contribution < -0.4 is 0 Å². The Morgan fingerprint density at radius 1 is 1.17 bits per heavy atom. The quantitative estimate of drug-likeness (QED) is 0.534. The van der Waals surface area contributed by atoms with Crippen LogP contribution in [0.25, 0.3) is 22.1 Å². The van der Waals surface area contributed by atoms with Gasteiger partial charge in [-0.05, 0) is 22.4 Å². The summed E-state index contributed by atoms with van der Waals surface area (Å²) in [7, 11) is 0. The van der Waals surface area contributed by atoms with Gasteiger partial charge in [0.2, 0.25) is 0 Å². The Hall–Kier alpha value is -1.91. The van der Waals surface area contributed by atoms with Crippen LogP contribution in [0.5, 0.6) is 0 Å². The molecule has 0 unspecified atom stereocenters. The summed E-state index contributed by atoms with van der Waals surface area (Å²) in [5.74, 6) is 0. The number of fused-ring (bicyclic) bond motifs is 3. The second-order valence-electron chi connectivity index (χ2n) is 2.50. The molecule has 3 aromatic rings. The Balaban J connectivity index is 2.71. The van der Waals surface area contributed by atoms with Gasteiger partial charge in [0.25, 0.3) is 0 Å². The highest BCUT2D eigenvalue weighted by atomic mass is 16.6. The summed E-state index contributed by atoms with van der Waals surface area (Å²) >= 11 is 0. The minimum Gasteiger partial charge on any atom is -0.345 e. The predicted molar refractivity (Wildman–Crippen MR) is 41.5 cm³/mol. The number of aromatic amines is 1. The number of hydrogen-bond acceptors (Lipinski definition) is 4. The van der Waals surface area contributed by atoms with Gasteiger partial charge >= 0.3 is 0 Å². The Kier molecular flexibility index (Phi) is 0.864. The van der Waals surface area contributed by atoms with Gasteiger partial charge in [0.1, 0.15) is 11.0 Å². The molecule has 0 spiro atoms. The van der Waals surface area contributed by atoms with E-state index in [0.717, 1.165) is 16.6 Å². The van der Waals surface area contributed by atoms with Crippen molar-refractivity contribution in [2.75, 3.05) is 0 Å². The maximum absolute atomic E-state index is 4.59. The zero-order valence-electron chi connectivity index (χ0n) is 5.98. The standard InChI is InChI=1S/C7H4N4O/c1-2-5-7(11-12-10-5)6-4(1)8-3-9-6/h1-3H,(H,8,9). The summed E-state index contributed by atoms with van der Waals surface area (Å²) in [5.41, 5.74) is 3.18. The molecule has 0 fully saturated rings. The van der Waals surface area contributed by atoms with Gasteiger partial charge in [0.05, 0.1) is 11.8 Å². The molecule has 0 atom stereocenters. The van der Waals surface area contributed by atoms with Gasteiger partial charge in [-0.2, -0.15) is 0 Å². The van der Waals surface area contributed by atoms with Crippen LogP contribution in [-0.4, -0.2) is 20.3 Å². The molecule has 5 heteroatoms. The number of nitrogens with zero attached hydrogens (tertiary/aromatic N) is 3. The molecule has 1 N–H and O–H groups in total. The maximum atomic E-state index is 4.59. The number of rotatable bonds is 0. The van der Waals surface area contributed by atoms with Crippen molar-refractivity contribution in [2.24, 2.45) is 0 Å². The normalized spacial score (nSPS) is 11.3. The third-order valence-electron chi connectivity index (χ3n) is 1.81. The number of nitrogens with one attached hydrogen (secondary N) is 1. The number of hydrogen-bond donors (Lipinski definition) is 1. The topological polar surface area (TPSA) is 67.6 Å². The smallest absolute Gasteiger partial charge is 0.162 e. The highest BCUT2D eigenvalue weighted by Gasteiger charge is 2.06. The Morgan fingerprint density at radius 2 is 2.17 bits per heavy atom. The van der Waals surface area contributed by atoms with Crippen LogP contribution in [0.1, 0.15) is 0 Å². The van der Waals surface area contributed by atoms with Crippen LogP contribution in [0.2, 0.25) is 0 Å². The minimum absolute atomic E-state index is 0.703. The molecule has 0 amide bonds. The summed E-state index contributed by atoms with van der Waals surface area (Å²) in [6.45, 7) is 0. The first kappa shape index (κ1) is 5.70. The van der Waals surface area contributed by atoms with Crippen molar-refractivity contribution < 1.29 is 4.63 Å². The third-order valence-corrected chi connectivity index (χ3v) is 1.81.